The van der Waals surface area contributed by atoms with E-state index >= 15 is 0 Å². The molecule has 2 heteroatoms. The molecule has 0 aromatic carbocycles. The average Bonchev–Trinajstić information content (AvgIpc) is 2.21. The van der Waals surface area contributed by atoms with Crippen molar-refractivity contribution >= 4 is 0 Å². The number of hydrogen-bond donors (Lipinski definition) is 1. The lowest BCUT2D eigenvalue weighted by Gasteiger charge is -2.35. The zero-order chi connectivity index (χ0) is 8.23. The fourth-order valence-corrected chi connectivity index (χ4v) is 2.14. The summed E-state index contributed by atoms with van der Waals surface area (Å²) in [5, 5.41) is 3.47. The molecule has 0 aromatic heterocycles. The summed E-state index contributed by atoms with van der Waals surface area (Å²) in [6.07, 6.45) is 8.59. The zero-order valence-electron chi connectivity index (χ0n) is 7.63. The van der Waals surface area contributed by atoms with Crippen LogP contribution in [0.3, 0.4) is 0 Å². The van der Waals surface area contributed by atoms with Gasteiger partial charge in [0.05, 0.1) is 0 Å². The lowest BCUT2D eigenvalue weighted by molar-refractivity contribution is 0.180. The van der Waals surface area contributed by atoms with Gasteiger partial charge >= 0.3 is 0 Å². The molecule has 2 aliphatic rings. The normalized spacial score (nSPS) is 32.2. The monoisotopic (exact) mass is 166 g/mol. The Morgan fingerprint density at radius 1 is 1.33 bits per heavy atom. The molecule has 12 heavy (non-hydrogen) atoms. The van der Waals surface area contributed by atoms with Gasteiger partial charge in [-0.2, -0.15) is 0 Å². The molecule has 0 saturated carbocycles. The molecular formula is C10H18N2. The fourth-order valence-electron chi connectivity index (χ4n) is 2.14. The smallest absolute Gasteiger partial charge is 0.0224 e. The molecule has 0 aromatic rings. The van der Waals surface area contributed by atoms with Crippen molar-refractivity contribution in [3.8, 4) is 0 Å². The molecule has 0 aliphatic carbocycles. The molecule has 2 aliphatic heterocycles. The van der Waals surface area contributed by atoms with Crippen molar-refractivity contribution in [3.63, 3.8) is 0 Å². The second-order valence-electron chi connectivity index (χ2n) is 3.76. The Morgan fingerprint density at radius 3 is 3.00 bits per heavy atom. The lowest BCUT2D eigenvalue weighted by atomic mass is 10.0. The van der Waals surface area contributed by atoms with Crippen LogP contribution in [0.15, 0.2) is 12.2 Å². The highest BCUT2D eigenvalue weighted by atomic mass is 15.2. The Kier molecular flexibility index (Phi) is 2.79. The third-order valence-electron chi connectivity index (χ3n) is 2.88. The maximum Gasteiger partial charge on any atom is 0.0224 e. The second kappa shape index (κ2) is 4.06. The summed E-state index contributed by atoms with van der Waals surface area (Å²) in [6.45, 7) is 4.86. The molecule has 1 saturated heterocycles. The Balaban J connectivity index is 1.85. The van der Waals surface area contributed by atoms with Crippen molar-refractivity contribution in [1.82, 2.24) is 10.2 Å². The molecule has 1 atom stereocenters. The minimum atomic E-state index is 0.809. The first-order valence-corrected chi connectivity index (χ1v) is 5.06. The van der Waals surface area contributed by atoms with Crippen molar-refractivity contribution < 1.29 is 0 Å². The second-order valence-corrected chi connectivity index (χ2v) is 3.76. The van der Waals surface area contributed by atoms with Gasteiger partial charge < -0.3 is 5.32 Å². The van der Waals surface area contributed by atoms with E-state index in [0.717, 1.165) is 6.04 Å². The van der Waals surface area contributed by atoms with Crippen LogP contribution < -0.4 is 5.32 Å². The van der Waals surface area contributed by atoms with Gasteiger partial charge in [0.2, 0.25) is 0 Å². The maximum atomic E-state index is 3.47. The van der Waals surface area contributed by atoms with Crippen LogP contribution in [0, 0.1) is 0 Å². The van der Waals surface area contributed by atoms with Gasteiger partial charge in [-0.1, -0.05) is 12.2 Å². The summed E-state index contributed by atoms with van der Waals surface area (Å²) >= 11 is 0. The Morgan fingerprint density at radius 2 is 2.33 bits per heavy atom. The maximum absolute atomic E-state index is 3.47. The minimum absolute atomic E-state index is 0.809. The quantitative estimate of drug-likeness (QED) is 0.585. The predicted octanol–water partition coefficient (Wildman–Crippen LogP) is 1.00. The zero-order valence-corrected chi connectivity index (χ0v) is 7.63. The van der Waals surface area contributed by atoms with Crippen molar-refractivity contribution in [3.05, 3.63) is 12.2 Å². The summed E-state index contributed by atoms with van der Waals surface area (Å²) in [4.78, 5) is 2.60. The van der Waals surface area contributed by atoms with Gasteiger partial charge in [0, 0.05) is 25.7 Å². The Hall–Kier alpha value is -0.340. The summed E-state index contributed by atoms with van der Waals surface area (Å²) in [7, 11) is 0. The molecule has 1 fully saturated rings. The molecule has 1 N–H and O–H groups in total. The molecular weight excluding hydrogens is 148 g/mol. The molecule has 2 heterocycles. The van der Waals surface area contributed by atoms with Gasteiger partial charge in [0.1, 0.15) is 0 Å². The first kappa shape index (κ1) is 8.27. The third-order valence-corrected chi connectivity index (χ3v) is 2.88. The summed E-state index contributed by atoms with van der Waals surface area (Å²) in [5.74, 6) is 0. The van der Waals surface area contributed by atoms with E-state index in [0.29, 0.717) is 0 Å². The lowest BCUT2D eigenvalue weighted by Crippen LogP contribution is -2.47. The highest BCUT2D eigenvalue weighted by Gasteiger charge is 2.20. The first-order chi connectivity index (χ1) is 5.97. The molecule has 0 radical (unpaired) electrons. The average molecular weight is 166 g/mol. The SMILES string of the molecule is C1=CCN([C@H]2CCCNC2)CC1. The fraction of sp³-hybridized carbons (Fsp3) is 0.800. The highest BCUT2D eigenvalue weighted by molar-refractivity contribution is 4.94. The van der Waals surface area contributed by atoms with Gasteiger partial charge in [-0.25, -0.2) is 0 Å². The number of nitrogens with one attached hydrogen (secondary N) is 1. The van der Waals surface area contributed by atoms with E-state index in [9.17, 15) is 0 Å². The summed E-state index contributed by atoms with van der Waals surface area (Å²) in [6, 6.07) is 0.809. The molecule has 0 unspecified atom stereocenters. The minimum Gasteiger partial charge on any atom is -0.315 e. The Bertz CT molecular complexity index is 159. The number of piperidine rings is 1. The van der Waals surface area contributed by atoms with Crippen molar-refractivity contribution in [2.75, 3.05) is 26.2 Å². The van der Waals surface area contributed by atoms with Gasteiger partial charge in [0.15, 0.2) is 0 Å². The van der Waals surface area contributed by atoms with Crippen LogP contribution in [-0.2, 0) is 0 Å². The van der Waals surface area contributed by atoms with E-state index in [-0.39, 0.29) is 0 Å². The number of nitrogens with zero attached hydrogens (tertiary/aromatic N) is 1. The van der Waals surface area contributed by atoms with Gasteiger partial charge in [-0.15, -0.1) is 0 Å². The number of hydrogen-bond acceptors (Lipinski definition) is 2. The first-order valence-electron chi connectivity index (χ1n) is 5.06. The van der Waals surface area contributed by atoms with E-state index < -0.39 is 0 Å². The summed E-state index contributed by atoms with van der Waals surface area (Å²) < 4.78 is 0. The molecule has 2 nitrogen and oxygen atoms in total. The van der Waals surface area contributed by atoms with Crippen LogP contribution in [0.1, 0.15) is 19.3 Å². The van der Waals surface area contributed by atoms with Crippen LogP contribution in [-0.4, -0.2) is 37.1 Å². The third kappa shape index (κ3) is 1.87. The summed E-state index contributed by atoms with van der Waals surface area (Å²) in [5.41, 5.74) is 0. The van der Waals surface area contributed by atoms with Crippen molar-refractivity contribution in [1.29, 1.82) is 0 Å². The van der Waals surface area contributed by atoms with E-state index in [1.54, 1.807) is 0 Å². The Labute approximate surface area is 74.6 Å². The van der Waals surface area contributed by atoms with E-state index in [2.05, 4.69) is 22.4 Å². The molecule has 0 amide bonds. The van der Waals surface area contributed by atoms with Crippen LogP contribution in [0.25, 0.3) is 0 Å². The van der Waals surface area contributed by atoms with Gasteiger partial charge in [-0.05, 0) is 25.8 Å². The predicted molar refractivity (Wildman–Crippen MR) is 51.2 cm³/mol. The van der Waals surface area contributed by atoms with Gasteiger partial charge in [0.25, 0.3) is 0 Å². The van der Waals surface area contributed by atoms with Crippen LogP contribution in [0.5, 0.6) is 0 Å². The van der Waals surface area contributed by atoms with E-state index in [4.69, 9.17) is 0 Å². The number of rotatable bonds is 1. The molecule has 0 bridgehead atoms. The van der Waals surface area contributed by atoms with E-state index in [1.807, 2.05) is 0 Å². The standard InChI is InChI=1S/C10H18N2/c1-2-7-12(8-3-1)10-5-4-6-11-9-10/h1-2,10-11H,3-9H2/t10-/m0/s1. The molecule has 2 rings (SSSR count). The van der Waals surface area contributed by atoms with Crippen LogP contribution in [0.2, 0.25) is 0 Å². The highest BCUT2D eigenvalue weighted by Crippen LogP contribution is 2.13. The largest absolute Gasteiger partial charge is 0.315 e. The van der Waals surface area contributed by atoms with Crippen molar-refractivity contribution in [2.45, 2.75) is 25.3 Å². The van der Waals surface area contributed by atoms with Gasteiger partial charge in [-0.3, -0.25) is 4.90 Å². The topological polar surface area (TPSA) is 15.3 Å². The van der Waals surface area contributed by atoms with E-state index in [1.165, 1.54) is 45.4 Å². The molecule has 0 spiro atoms. The molecule has 68 valence electrons. The van der Waals surface area contributed by atoms with Crippen LogP contribution >= 0.6 is 0 Å². The van der Waals surface area contributed by atoms with Crippen molar-refractivity contribution in [2.24, 2.45) is 0 Å². The van der Waals surface area contributed by atoms with Crippen LogP contribution in [0.4, 0.5) is 0 Å².